The highest BCUT2D eigenvalue weighted by molar-refractivity contribution is 7.99. The standard InChI is InChI=1S/C26H30ClN3O2S/c1-4-23-22(16-20-11-8-12-21(27)15-20)25(32)30(3)26(29-23)33-17-24(31)28-18(2)13-14-19-9-6-5-7-10-19/h5-12,15,18H,4,13-14,16-17H2,1-3H3,(H,28,31). The number of benzene rings is 2. The third-order valence-corrected chi connectivity index (χ3v) is 6.75. The third kappa shape index (κ3) is 7.21. The zero-order valence-electron chi connectivity index (χ0n) is 19.3. The van der Waals surface area contributed by atoms with Crippen molar-refractivity contribution in [2.75, 3.05) is 5.75 Å². The van der Waals surface area contributed by atoms with Crippen LogP contribution in [0.3, 0.4) is 0 Å². The molecular weight excluding hydrogens is 454 g/mol. The predicted molar refractivity (Wildman–Crippen MR) is 136 cm³/mol. The molecule has 0 bridgehead atoms. The Morgan fingerprint density at radius 3 is 2.58 bits per heavy atom. The Balaban J connectivity index is 1.61. The van der Waals surface area contributed by atoms with Gasteiger partial charge in [0.15, 0.2) is 5.16 Å². The molecule has 1 heterocycles. The van der Waals surface area contributed by atoms with Crippen LogP contribution in [0.15, 0.2) is 64.5 Å². The van der Waals surface area contributed by atoms with Gasteiger partial charge in [-0.2, -0.15) is 0 Å². The van der Waals surface area contributed by atoms with E-state index in [1.807, 2.05) is 56.3 Å². The van der Waals surface area contributed by atoms with Gasteiger partial charge in [0.2, 0.25) is 5.91 Å². The van der Waals surface area contributed by atoms with Gasteiger partial charge < -0.3 is 5.32 Å². The fourth-order valence-electron chi connectivity index (χ4n) is 3.67. The van der Waals surface area contributed by atoms with Gasteiger partial charge >= 0.3 is 0 Å². The first-order valence-corrected chi connectivity index (χ1v) is 12.5. The molecule has 1 unspecified atom stereocenters. The molecule has 0 fully saturated rings. The van der Waals surface area contributed by atoms with Gasteiger partial charge in [0.1, 0.15) is 0 Å². The van der Waals surface area contributed by atoms with E-state index >= 15 is 0 Å². The lowest BCUT2D eigenvalue weighted by Gasteiger charge is -2.15. The van der Waals surface area contributed by atoms with Crippen LogP contribution in [0, 0.1) is 0 Å². The number of nitrogens with zero attached hydrogens (tertiary/aromatic N) is 2. The summed E-state index contributed by atoms with van der Waals surface area (Å²) in [6.07, 6.45) is 2.91. The van der Waals surface area contributed by atoms with E-state index in [4.69, 9.17) is 16.6 Å². The van der Waals surface area contributed by atoms with Gasteiger partial charge in [-0.25, -0.2) is 4.98 Å². The third-order valence-electron chi connectivity index (χ3n) is 5.48. The van der Waals surface area contributed by atoms with Crippen LogP contribution in [0.2, 0.25) is 5.02 Å². The number of amides is 1. The molecule has 0 spiro atoms. The summed E-state index contributed by atoms with van der Waals surface area (Å²) in [5.74, 6) is 0.156. The van der Waals surface area contributed by atoms with Gasteiger partial charge in [0.25, 0.3) is 5.56 Å². The van der Waals surface area contributed by atoms with Crippen LogP contribution < -0.4 is 10.9 Å². The molecule has 2 aromatic carbocycles. The fraction of sp³-hybridized carbons (Fsp3) is 0.346. The van der Waals surface area contributed by atoms with Gasteiger partial charge in [-0.05, 0) is 49.4 Å². The maximum absolute atomic E-state index is 13.1. The number of rotatable bonds is 10. The first kappa shape index (κ1) is 25.1. The second-order valence-corrected chi connectivity index (χ2v) is 9.50. The van der Waals surface area contributed by atoms with Crippen molar-refractivity contribution in [2.24, 2.45) is 7.05 Å². The topological polar surface area (TPSA) is 64.0 Å². The molecule has 0 aliphatic heterocycles. The minimum absolute atomic E-state index is 0.0594. The van der Waals surface area contributed by atoms with E-state index in [1.165, 1.54) is 21.9 Å². The van der Waals surface area contributed by atoms with Crippen LogP contribution >= 0.6 is 23.4 Å². The van der Waals surface area contributed by atoms with Gasteiger partial charge in [0, 0.05) is 30.1 Å². The summed E-state index contributed by atoms with van der Waals surface area (Å²) in [5, 5.41) is 4.24. The molecule has 174 valence electrons. The number of thioether (sulfide) groups is 1. The number of aryl methyl sites for hydroxylation is 2. The van der Waals surface area contributed by atoms with E-state index in [2.05, 4.69) is 17.4 Å². The summed E-state index contributed by atoms with van der Waals surface area (Å²) in [4.78, 5) is 30.3. The Morgan fingerprint density at radius 2 is 1.88 bits per heavy atom. The van der Waals surface area contributed by atoms with Crippen LogP contribution in [-0.4, -0.2) is 27.3 Å². The number of hydrogen-bond donors (Lipinski definition) is 1. The Labute approximate surface area is 204 Å². The lowest BCUT2D eigenvalue weighted by molar-refractivity contribution is -0.119. The molecule has 7 heteroatoms. The van der Waals surface area contributed by atoms with Gasteiger partial charge in [-0.15, -0.1) is 0 Å². The first-order valence-electron chi connectivity index (χ1n) is 11.2. The minimum atomic E-state index is -0.0824. The summed E-state index contributed by atoms with van der Waals surface area (Å²) in [6.45, 7) is 4.00. The average molecular weight is 484 g/mol. The maximum Gasteiger partial charge on any atom is 0.257 e. The highest BCUT2D eigenvalue weighted by Gasteiger charge is 2.16. The van der Waals surface area contributed by atoms with Crippen molar-refractivity contribution >= 4 is 29.3 Å². The molecule has 1 amide bonds. The Kier molecular flexibility index (Phi) is 9.15. The molecule has 1 atom stereocenters. The van der Waals surface area contributed by atoms with Crippen molar-refractivity contribution in [3.63, 3.8) is 0 Å². The number of aromatic nitrogens is 2. The first-order chi connectivity index (χ1) is 15.9. The van der Waals surface area contributed by atoms with Crippen LogP contribution in [0.4, 0.5) is 0 Å². The molecule has 5 nitrogen and oxygen atoms in total. The van der Waals surface area contributed by atoms with E-state index in [-0.39, 0.29) is 23.3 Å². The number of halogens is 1. The van der Waals surface area contributed by atoms with E-state index in [1.54, 1.807) is 7.05 Å². The lowest BCUT2D eigenvalue weighted by Crippen LogP contribution is -2.34. The summed E-state index contributed by atoms with van der Waals surface area (Å²) in [7, 11) is 1.71. The second-order valence-electron chi connectivity index (χ2n) is 8.13. The molecule has 0 aliphatic rings. The Morgan fingerprint density at radius 1 is 1.15 bits per heavy atom. The predicted octanol–water partition coefficient (Wildman–Crippen LogP) is 4.82. The zero-order chi connectivity index (χ0) is 23.8. The molecule has 0 aliphatic carbocycles. The summed E-state index contributed by atoms with van der Waals surface area (Å²) < 4.78 is 1.54. The molecule has 1 aromatic heterocycles. The zero-order valence-corrected chi connectivity index (χ0v) is 20.9. The molecule has 0 saturated heterocycles. The molecule has 0 radical (unpaired) electrons. The number of nitrogens with one attached hydrogen (secondary N) is 1. The molecule has 3 rings (SSSR count). The van der Waals surface area contributed by atoms with Crippen molar-refractivity contribution in [1.82, 2.24) is 14.9 Å². The fourth-order valence-corrected chi connectivity index (χ4v) is 4.68. The van der Waals surface area contributed by atoms with E-state index in [0.29, 0.717) is 28.6 Å². The highest BCUT2D eigenvalue weighted by atomic mass is 35.5. The largest absolute Gasteiger partial charge is 0.353 e. The maximum atomic E-state index is 13.1. The van der Waals surface area contributed by atoms with Crippen LogP contribution in [0.25, 0.3) is 0 Å². The average Bonchev–Trinajstić information content (AvgIpc) is 2.81. The quantitative estimate of drug-likeness (QED) is 0.332. The van der Waals surface area contributed by atoms with Crippen molar-refractivity contribution in [1.29, 1.82) is 0 Å². The second kappa shape index (κ2) is 12.1. The molecule has 3 aromatic rings. The number of hydrogen-bond acceptors (Lipinski definition) is 4. The number of carbonyl (C=O) groups excluding carboxylic acids is 1. The van der Waals surface area contributed by atoms with Crippen molar-refractivity contribution in [2.45, 2.75) is 50.7 Å². The Hall–Kier alpha value is -2.57. The summed E-state index contributed by atoms with van der Waals surface area (Å²) in [6, 6.07) is 17.8. The van der Waals surface area contributed by atoms with Crippen molar-refractivity contribution < 1.29 is 4.79 Å². The molecule has 1 N–H and O–H groups in total. The SMILES string of the molecule is CCc1nc(SCC(=O)NC(C)CCc2ccccc2)n(C)c(=O)c1Cc1cccc(Cl)c1. The molecular formula is C26H30ClN3O2S. The van der Waals surface area contributed by atoms with Crippen molar-refractivity contribution in [3.05, 3.63) is 92.4 Å². The molecule has 33 heavy (non-hydrogen) atoms. The van der Waals surface area contributed by atoms with Crippen LogP contribution in [0.1, 0.15) is 42.7 Å². The van der Waals surface area contributed by atoms with Crippen LogP contribution in [0.5, 0.6) is 0 Å². The number of carbonyl (C=O) groups is 1. The van der Waals surface area contributed by atoms with E-state index < -0.39 is 0 Å². The smallest absolute Gasteiger partial charge is 0.257 e. The van der Waals surface area contributed by atoms with E-state index in [9.17, 15) is 9.59 Å². The normalized spacial score (nSPS) is 11.9. The van der Waals surface area contributed by atoms with Gasteiger partial charge in [0.05, 0.1) is 11.4 Å². The van der Waals surface area contributed by atoms with Crippen LogP contribution in [-0.2, 0) is 31.1 Å². The van der Waals surface area contributed by atoms with E-state index in [0.717, 1.165) is 24.1 Å². The monoisotopic (exact) mass is 483 g/mol. The molecule has 0 saturated carbocycles. The van der Waals surface area contributed by atoms with Gasteiger partial charge in [-0.1, -0.05) is 72.8 Å². The minimum Gasteiger partial charge on any atom is -0.353 e. The lowest BCUT2D eigenvalue weighted by atomic mass is 10.0. The summed E-state index contributed by atoms with van der Waals surface area (Å²) >= 11 is 7.39. The highest BCUT2D eigenvalue weighted by Crippen LogP contribution is 2.19. The van der Waals surface area contributed by atoms with Gasteiger partial charge in [-0.3, -0.25) is 14.2 Å². The van der Waals surface area contributed by atoms with Crippen molar-refractivity contribution in [3.8, 4) is 0 Å². The summed E-state index contributed by atoms with van der Waals surface area (Å²) in [5.41, 5.74) is 3.58. The Bertz CT molecular complexity index is 1150.